The van der Waals surface area contributed by atoms with Gasteiger partial charge in [0.2, 0.25) is 5.78 Å². The van der Waals surface area contributed by atoms with Gasteiger partial charge in [-0.3, -0.25) is 4.40 Å². The van der Waals surface area contributed by atoms with Gasteiger partial charge in [0.05, 0.1) is 18.3 Å². The molecule has 13 heavy (non-hydrogen) atoms. The molecule has 0 saturated heterocycles. The molecule has 2 aromatic rings. The zero-order valence-corrected chi connectivity index (χ0v) is 6.96. The van der Waals surface area contributed by atoms with Crippen molar-refractivity contribution in [3.05, 3.63) is 30.4 Å². The fourth-order valence-corrected chi connectivity index (χ4v) is 1.12. The Bertz CT molecular complexity index is 411. The second kappa shape index (κ2) is 3.12. The SMILES string of the molecule is NC(CO)c1ccn2ccnc2n1. The molecule has 1 atom stereocenters. The van der Waals surface area contributed by atoms with Crippen LogP contribution in [-0.2, 0) is 0 Å². The van der Waals surface area contributed by atoms with Crippen molar-refractivity contribution in [1.82, 2.24) is 14.4 Å². The average Bonchev–Trinajstić information content (AvgIpc) is 2.63. The molecule has 5 nitrogen and oxygen atoms in total. The zero-order valence-electron chi connectivity index (χ0n) is 6.96. The highest BCUT2D eigenvalue weighted by Gasteiger charge is 2.06. The standard InChI is InChI=1S/C8H10N4O/c9-6(5-13)7-1-3-12-4-2-10-8(12)11-7/h1-4,6,13H,5,9H2. The van der Waals surface area contributed by atoms with E-state index >= 15 is 0 Å². The number of aliphatic hydroxyl groups excluding tert-OH is 1. The zero-order chi connectivity index (χ0) is 9.26. The number of hydrogen-bond donors (Lipinski definition) is 2. The van der Waals surface area contributed by atoms with Crippen molar-refractivity contribution in [3.63, 3.8) is 0 Å². The first-order valence-corrected chi connectivity index (χ1v) is 3.97. The largest absolute Gasteiger partial charge is 0.394 e. The molecule has 2 aromatic heterocycles. The molecular formula is C8H10N4O. The van der Waals surface area contributed by atoms with Crippen molar-refractivity contribution < 1.29 is 5.11 Å². The normalized spacial score (nSPS) is 13.4. The second-order valence-corrected chi connectivity index (χ2v) is 2.78. The molecule has 2 heterocycles. The number of aliphatic hydroxyl groups is 1. The Morgan fingerprint density at radius 3 is 3.15 bits per heavy atom. The maximum Gasteiger partial charge on any atom is 0.233 e. The summed E-state index contributed by atoms with van der Waals surface area (Å²) >= 11 is 0. The Morgan fingerprint density at radius 2 is 2.38 bits per heavy atom. The molecule has 2 rings (SSSR count). The van der Waals surface area contributed by atoms with E-state index in [2.05, 4.69) is 9.97 Å². The number of imidazole rings is 1. The lowest BCUT2D eigenvalue weighted by Crippen LogP contribution is -2.16. The van der Waals surface area contributed by atoms with Gasteiger partial charge in [-0.2, -0.15) is 0 Å². The van der Waals surface area contributed by atoms with Crippen molar-refractivity contribution in [3.8, 4) is 0 Å². The summed E-state index contributed by atoms with van der Waals surface area (Å²) in [5.74, 6) is 0.599. The molecule has 0 bridgehead atoms. The van der Waals surface area contributed by atoms with E-state index in [0.29, 0.717) is 11.5 Å². The van der Waals surface area contributed by atoms with E-state index in [4.69, 9.17) is 10.8 Å². The maximum absolute atomic E-state index is 8.82. The highest BCUT2D eigenvalue weighted by Crippen LogP contribution is 2.06. The molecule has 3 N–H and O–H groups in total. The Hall–Kier alpha value is -1.46. The van der Waals surface area contributed by atoms with Crippen molar-refractivity contribution >= 4 is 5.78 Å². The van der Waals surface area contributed by atoms with Crippen LogP contribution in [-0.4, -0.2) is 26.1 Å². The third-order valence-corrected chi connectivity index (χ3v) is 1.86. The van der Waals surface area contributed by atoms with Crippen LogP contribution in [0.3, 0.4) is 0 Å². The Balaban J connectivity index is 2.48. The quantitative estimate of drug-likeness (QED) is 0.663. The van der Waals surface area contributed by atoms with Crippen molar-refractivity contribution in [2.24, 2.45) is 5.73 Å². The summed E-state index contributed by atoms with van der Waals surface area (Å²) in [7, 11) is 0. The molecular weight excluding hydrogens is 168 g/mol. The summed E-state index contributed by atoms with van der Waals surface area (Å²) in [5.41, 5.74) is 6.26. The van der Waals surface area contributed by atoms with Crippen molar-refractivity contribution in [2.75, 3.05) is 6.61 Å². The molecule has 5 heteroatoms. The van der Waals surface area contributed by atoms with Crippen LogP contribution in [0.4, 0.5) is 0 Å². The Labute approximate surface area is 74.9 Å². The number of hydrogen-bond acceptors (Lipinski definition) is 4. The van der Waals surface area contributed by atoms with Crippen LogP contribution < -0.4 is 5.73 Å². The molecule has 0 spiro atoms. The summed E-state index contributed by atoms with van der Waals surface area (Å²) in [6.07, 6.45) is 5.29. The number of aromatic nitrogens is 3. The molecule has 0 aliphatic carbocycles. The van der Waals surface area contributed by atoms with Gasteiger partial charge in [-0.1, -0.05) is 0 Å². The Kier molecular flexibility index (Phi) is 1.96. The minimum absolute atomic E-state index is 0.107. The van der Waals surface area contributed by atoms with Gasteiger partial charge < -0.3 is 10.8 Å². The molecule has 1 unspecified atom stereocenters. The minimum atomic E-state index is -0.429. The molecule has 0 amide bonds. The molecule has 0 aliphatic rings. The van der Waals surface area contributed by atoms with E-state index in [1.54, 1.807) is 22.9 Å². The van der Waals surface area contributed by atoms with Crippen LogP contribution in [0.25, 0.3) is 5.78 Å². The first-order chi connectivity index (χ1) is 6.31. The van der Waals surface area contributed by atoms with Gasteiger partial charge in [0.15, 0.2) is 0 Å². The first kappa shape index (κ1) is 8.15. The summed E-state index contributed by atoms with van der Waals surface area (Å²) in [5, 5.41) is 8.82. The Morgan fingerprint density at radius 1 is 1.54 bits per heavy atom. The number of nitrogens with two attached hydrogens (primary N) is 1. The van der Waals surface area contributed by atoms with Gasteiger partial charge in [0.1, 0.15) is 0 Å². The van der Waals surface area contributed by atoms with Gasteiger partial charge in [0, 0.05) is 18.6 Å². The van der Waals surface area contributed by atoms with E-state index in [0.717, 1.165) is 0 Å². The lowest BCUT2D eigenvalue weighted by atomic mass is 10.2. The van der Waals surface area contributed by atoms with Crippen LogP contribution >= 0.6 is 0 Å². The molecule has 0 fully saturated rings. The predicted molar refractivity (Wildman–Crippen MR) is 47.0 cm³/mol. The monoisotopic (exact) mass is 178 g/mol. The third kappa shape index (κ3) is 1.39. The number of rotatable bonds is 2. The number of fused-ring (bicyclic) bond motifs is 1. The lowest BCUT2D eigenvalue weighted by molar-refractivity contribution is 0.266. The summed E-state index contributed by atoms with van der Waals surface area (Å²) in [6.45, 7) is -0.107. The van der Waals surface area contributed by atoms with E-state index in [1.165, 1.54) is 0 Å². The fraction of sp³-hybridized carbons (Fsp3) is 0.250. The van der Waals surface area contributed by atoms with Gasteiger partial charge in [0.25, 0.3) is 0 Å². The van der Waals surface area contributed by atoms with Crippen LogP contribution in [0, 0.1) is 0 Å². The minimum Gasteiger partial charge on any atom is -0.394 e. The first-order valence-electron chi connectivity index (χ1n) is 3.97. The number of nitrogens with zero attached hydrogens (tertiary/aromatic N) is 3. The molecule has 0 aromatic carbocycles. The van der Waals surface area contributed by atoms with E-state index in [9.17, 15) is 0 Å². The van der Waals surface area contributed by atoms with Crippen LogP contribution in [0.15, 0.2) is 24.7 Å². The summed E-state index contributed by atoms with van der Waals surface area (Å²) < 4.78 is 1.79. The topological polar surface area (TPSA) is 76.4 Å². The van der Waals surface area contributed by atoms with Gasteiger partial charge >= 0.3 is 0 Å². The summed E-state index contributed by atoms with van der Waals surface area (Å²) in [4.78, 5) is 8.18. The van der Waals surface area contributed by atoms with E-state index < -0.39 is 6.04 Å². The highest BCUT2D eigenvalue weighted by atomic mass is 16.3. The predicted octanol–water partition coefficient (Wildman–Crippen LogP) is -0.279. The highest BCUT2D eigenvalue weighted by molar-refractivity contribution is 5.29. The molecule has 0 aliphatic heterocycles. The molecule has 0 radical (unpaired) electrons. The van der Waals surface area contributed by atoms with Gasteiger partial charge in [-0.15, -0.1) is 0 Å². The van der Waals surface area contributed by atoms with Crippen molar-refractivity contribution in [1.29, 1.82) is 0 Å². The van der Waals surface area contributed by atoms with E-state index in [-0.39, 0.29) is 6.61 Å². The smallest absolute Gasteiger partial charge is 0.233 e. The fourth-order valence-electron chi connectivity index (χ4n) is 1.12. The van der Waals surface area contributed by atoms with Gasteiger partial charge in [-0.25, -0.2) is 9.97 Å². The van der Waals surface area contributed by atoms with E-state index in [1.807, 2.05) is 6.20 Å². The van der Waals surface area contributed by atoms with Crippen LogP contribution in [0.5, 0.6) is 0 Å². The summed E-state index contributed by atoms with van der Waals surface area (Å²) in [6, 6.07) is 1.34. The molecule has 0 saturated carbocycles. The average molecular weight is 178 g/mol. The molecule has 68 valence electrons. The second-order valence-electron chi connectivity index (χ2n) is 2.78. The van der Waals surface area contributed by atoms with Gasteiger partial charge in [-0.05, 0) is 6.07 Å². The third-order valence-electron chi connectivity index (χ3n) is 1.86. The van der Waals surface area contributed by atoms with Crippen LogP contribution in [0.2, 0.25) is 0 Å². The lowest BCUT2D eigenvalue weighted by Gasteiger charge is -2.06. The maximum atomic E-state index is 8.82. The van der Waals surface area contributed by atoms with Crippen LogP contribution in [0.1, 0.15) is 11.7 Å². The van der Waals surface area contributed by atoms with Crippen molar-refractivity contribution in [2.45, 2.75) is 6.04 Å².